The van der Waals surface area contributed by atoms with Crippen molar-refractivity contribution in [3.63, 3.8) is 0 Å². The third-order valence-electron chi connectivity index (χ3n) is 9.84. The summed E-state index contributed by atoms with van der Waals surface area (Å²) in [6.07, 6.45) is 10.1. The van der Waals surface area contributed by atoms with Crippen LogP contribution in [0.15, 0.2) is 52.9 Å². The number of rotatable bonds is 4. The van der Waals surface area contributed by atoms with Gasteiger partial charge >= 0.3 is 0 Å². The number of anilines is 1. The van der Waals surface area contributed by atoms with Crippen molar-refractivity contribution in [2.75, 3.05) is 45.4 Å². The van der Waals surface area contributed by atoms with Crippen LogP contribution in [0.25, 0.3) is 0 Å². The quantitative estimate of drug-likeness (QED) is 0.339. The van der Waals surface area contributed by atoms with E-state index in [1.807, 2.05) is 24.3 Å². The predicted octanol–water partition coefficient (Wildman–Crippen LogP) is 5.58. The minimum atomic E-state index is -2.00. The lowest BCUT2D eigenvalue weighted by Gasteiger charge is -2.46. The molecular weight excluding hydrogens is 614 g/mol. The van der Waals surface area contributed by atoms with Crippen molar-refractivity contribution in [1.29, 1.82) is 0 Å². The first kappa shape index (κ1) is 32.0. The number of halogens is 1. The van der Waals surface area contributed by atoms with Gasteiger partial charge in [0.15, 0.2) is 0 Å². The first-order valence-corrected chi connectivity index (χ1v) is 17.3. The summed E-state index contributed by atoms with van der Waals surface area (Å²) < 4.78 is 34.9. The number of aryl methyl sites for hydroxylation is 1. The SMILES string of the molecule is COCC(=O)NC1CC/C=C/[C@H](OC)[C@@H]2CC[C@H]2CN2C[C@@]3(CCCc4cc(Cl)ccc43)COc3ccc(cc32)C(=O)N=[S-]1=O. The molecule has 1 spiro atoms. The number of ether oxygens (including phenoxy) is 3. The van der Waals surface area contributed by atoms with Gasteiger partial charge in [-0.15, -0.1) is 0 Å². The minimum absolute atomic E-state index is 0.0597. The van der Waals surface area contributed by atoms with E-state index in [1.54, 1.807) is 13.2 Å². The number of carbonyl (C=O) groups is 2. The van der Waals surface area contributed by atoms with Gasteiger partial charge in [-0.1, -0.05) is 29.8 Å². The Kier molecular flexibility index (Phi) is 9.85. The molecule has 1 saturated carbocycles. The van der Waals surface area contributed by atoms with Gasteiger partial charge in [0.25, 0.3) is 5.91 Å². The lowest BCUT2D eigenvalue weighted by Crippen LogP contribution is -2.49. The molecule has 1 unspecified atom stereocenters. The maximum Gasteiger partial charge on any atom is 0.254 e. The first-order valence-electron chi connectivity index (χ1n) is 15.8. The van der Waals surface area contributed by atoms with E-state index in [-0.39, 0.29) is 18.1 Å². The second kappa shape index (κ2) is 13.8. The summed E-state index contributed by atoms with van der Waals surface area (Å²) in [6, 6.07) is 11.6. The van der Waals surface area contributed by atoms with Crippen LogP contribution in [-0.2, 0) is 40.9 Å². The summed E-state index contributed by atoms with van der Waals surface area (Å²) in [6.45, 7) is 1.88. The number of nitrogens with zero attached hydrogens (tertiary/aromatic N) is 2. The fourth-order valence-electron chi connectivity index (χ4n) is 7.43. The smallest absolute Gasteiger partial charge is 0.254 e. The highest BCUT2D eigenvalue weighted by atomic mass is 35.5. The molecule has 6 rings (SSSR count). The van der Waals surface area contributed by atoms with Crippen LogP contribution >= 0.6 is 11.6 Å². The molecule has 0 aromatic heterocycles. The minimum Gasteiger partial charge on any atom is -0.490 e. The normalized spacial score (nSPS) is 29.3. The average Bonchev–Trinajstić information content (AvgIpc) is 3.16. The van der Waals surface area contributed by atoms with E-state index in [4.69, 9.17) is 25.8 Å². The van der Waals surface area contributed by atoms with Crippen LogP contribution in [0, 0.1) is 11.8 Å². The molecule has 0 saturated heterocycles. The molecule has 4 aliphatic rings. The molecule has 2 aliphatic carbocycles. The van der Waals surface area contributed by atoms with Crippen LogP contribution < -0.4 is 15.0 Å². The summed E-state index contributed by atoms with van der Waals surface area (Å²) in [5.74, 6) is 0.438. The first-order chi connectivity index (χ1) is 21.8. The second-order valence-corrected chi connectivity index (χ2v) is 14.4. The van der Waals surface area contributed by atoms with Crippen LogP contribution in [0.2, 0.25) is 5.02 Å². The van der Waals surface area contributed by atoms with Crippen molar-refractivity contribution in [2.24, 2.45) is 16.2 Å². The molecule has 11 heteroatoms. The van der Waals surface area contributed by atoms with Crippen LogP contribution in [0.1, 0.15) is 60.0 Å². The number of allylic oxidation sites excluding steroid dienone is 1. The van der Waals surface area contributed by atoms with E-state index in [9.17, 15) is 13.8 Å². The summed E-state index contributed by atoms with van der Waals surface area (Å²) in [5, 5.41) is 2.63. The van der Waals surface area contributed by atoms with Gasteiger partial charge in [-0.25, -0.2) is 0 Å². The zero-order valence-corrected chi connectivity index (χ0v) is 27.4. The Morgan fingerprint density at radius 1 is 1.20 bits per heavy atom. The number of nitrogens with one attached hydrogen (secondary N) is 1. The lowest BCUT2D eigenvalue weighted by atomic mass is 9.68. The third kappa shape index (κ3) is 6.80. The van der Waals surface area contributed by atoms with Gasteiger partial charge in [-0.2, -0.15) is 10.6 Å². The molecule has 2 heterocycles. The van der Waals surface area contributed by atoms with Crippen LogP contribution in [0.4, 0.5) is 5.69 Å². The summed E-state index contributed by atoms with van der Waals surface area (Å²) >= 11 is 6.42. The topological polar surface area (TPSA) is 107 Å². The van der Waals surface area contributed by atoms with Crippen molar-refractivity contribution in [2.45, 2.75) is 61.8 Å². The highest BCUT2D eigenvalue weighted by molar-refractivity contribution is 7.75. The standard InChI is InChI=1S/C34H41ClN3O6S/c1-42-19-31(39)36-32-8-4-3-7-29(43-2)26-12-9-24(26)18-38-20-34(15-5-6-22-16-25(35)11-13-27(22)34)21-44-30-14-10-23(17-28(30)38)33(40)37-45(32)41/h3,7,10-11,13-14,16-17,24,26,29,32H,4-6,8-9,12,15,18-21H2,1-2H3,(H,36,39)/q-1/b7-3+/t24-,26+,29-,32?,34-/m0/s1. The van der Waals surface area contributed by atoms with Crippen molar-refractivity contribution in [3.8, 4) is 5.75 Å². The van der Waals surface area contributed by atoms with Crippen molar-refractivity contribution in [1.82, 2.24) is 5.32 Å². The molecule has 2 aliphatic heterocycles. The van der Waals surface area contributed by atoms with E-state index in [1.165, 1.54) is 18.2 Å². The molecular formula is C34H41ClN3O6S-. The van der Waals surface area contributed by atoms with E-state index in [2.05, 4.69) is 32.8 Å². The van der Waals surface area contributed by atoms with E-state index in [0.717, 1.165) is 61.7 Å². The Morgan fingerprint density at radius 3 is 2.84 bits per heavy atom. The van der Waals surface area contributed by atoms with Gasteiger partial charge in [-0.3, -0.25) is 9.59 Å². The van der Waals surface area contributed by atoms with Crippen LogP contribution in [0.3, 0.4) is 0 Å². The summed E-state index contributed by atoms with van der Waals surface area (Å²) in [7, 11) is 1.16. The number of methoxy groups -OCH3 is 2. The molecule has 1 fully saturated rings. The zero-order valence-electron chi connectivity index (χ0n) is 25.8. The Labute approximate surface area is 271 Å². The fourth-order valence-corrected chi connectivity index (χ4v) is 8.59. The van der Waals surface area contributed by atoms with Gasteiger partial charge in [0.2, 0.25) is 5.91 Å². The van der Waals surface area contributed by atoms with E-state index < -0.39 is 27.8 Å². The fraction of sp³-hybridized carbons (Fsp3) is 0.529. The third-order valence-corrected chi connectivity index (χ3v) is 11.3. The van der Waals surface area contributed by atoms with Crippen LogP contribution in [-0.4, -0.2) is 63.8 Å². The molecule has 2 aromatic rings. The molecule has 242 valence electrons. The zero-order chi connectivity index (χ0) is 31.6. The molecule has 5 atom stereocenters. The Morgan fingerprint density at radius 2 is 2.07 bits per heavy atom. The van der Waals surface area contributed by atoms with Gasteiger partial charge in [0, 0.05) is 43.3 Å². The highest BCUT2D eigenvalue weighted by Crippen LogP contribution is 2.47. The van der Waals surface area contributed by atoms with Gasteiger partial charge < -0.3 is 33.0 Å². The lowest BCUT2D eigenvalue weighted by molar-refractivity contribution is -0.124. The molecule has 2 bridgehead atoms. The van der Waals surface area contributed by atoms with Crippen LogP contribution in [0.5, 0.6) is 5.75 Å². The molecule has 1 N–H and O–H groups in total. The monoisotopic (exact) mass is 654 g/mol. The van der Waals surface area contributed by atoms with Gasteiger partial charge in [0.05, 0.1) is 18.4 Å². The average molecular weight is 655 g/mol. The van der Waals surface area contributed by atoms with Crippen molar-refractivity contribution >= 4 is 39.7 Å². The number of amides is 2. The van der Waals surface area contributed by atoms with E-state index in [0.29, 0.717) is 36.8 Å². The summed E-state index contributed by atoms with van der Waals surface area (Å²) in [5.41, 5.74) is 3.49. The maximum absolute atomic E-state index is 13.4. The number of benzene rings is 2. The Hall–Kier alpha value is -2.92. The molecule has 0 radical (unpaired) electrons. The molecule has 2 aromatic carbocycles. The molecule has 9 nitrogen and oxygen atoms in total. The Bertz CT molecular complexity index is 1560. The second-order valence-electron chi connectivity index (χ2n) is 12.7. The van der Waals surface area contributed by atoms with Crippen molar-refractivity contribution in [3.05, 3.63) is 70.3 Å². The van der Waals surface area contributed by atoms with Gasteiger partial charge in [0.1, 0.15) is 12.4 Å². The molecule has 2 amide bonds. The number of fused-ring (bicyclic) bond motifs is 4. The van der Waals surface area contributed by atoms with E-state index >= 15 is 0 Å². The van der Waals surface area contributed by atoms with Crippen molar-refractivity contribution < 1.29 is 28.0 Å². The summed E-state index contributed by atoms with van der Waals surface area (Å²) in [4.78, 5) is 28.2. The van der Waals surface area contributed by atoms with Gasteiger partial charge in [-0.05, 0) is 104 Å². The number of hydrogen-bond acceptors (Lipinski definition) is 8. The number of hydrogen-bond donors (Lipinski definition) is 1. The highest BCUT2D eigenvalue weighted by Gasteiger charge is 2.44. The predicted molar refractivity (Wildman–Crippen MR) is 174 cm³/mol. The Balaban J connectivity index is 1.40. The number of carbonyl (C=O) groups excluding carboxylic acids is 2. The maximum atomic E-state index is 13.4. The largest absolute Gasteiger partial charge is 0.490 e. The molecule has 45 heavy (non-hydrogen) atoms.